The molecule has 0 aliphatic carbocycles. The van der Waals surface area contributed by atoms with Gasteiger partial charge in [-0.05, 0) is 50.1 Å². The Balaban J connectivity index is 1.71. The number of fused-ring (bicyclic) bond motifs is 2. The number of aromatic nitrogens is 2. The highest BCUT2D eigenvalue weighted by Crippen LogP contribution is 2.38. The van der Waals surface area contributed by atoms with Crippen LogP contribution in [0.5, 0.6) is 11.5 Å². The summed E-state index contributed by atoms with van der Waals surface area (Å²) in [4.78, 5) is 0. The molecule has 6 nitrogen and oxygen atoms in total. The largest absolute Gasteiger partial charge is 0.454 e. The first-order valence-corrected chi connectivity index (χ1v) is 10.1. The van der Waals surface area contributed by atoms with Crippen molar-refractivity contribution in [2.45, 2.75) is 26.3 Å². The van der Waals surface area contributed by atoms with Crippen molar-refractivity contribution in [1.29, 1.82) is 0 Å². The lowest BCUT2D eigenvalue weighted by Gasteiger charge is -2.21. The van der Waals surface area contributed by atoms with E-state index >= 15 is 0 Å². The number of ether oxygens (including phenoxy) is 2. The minimum absolute atomic E-state index is 0.108. The molecular formula is C20H17ClN4O2S. The number of nitrogens with zero attached hydrogens (tertiary/aromatic N) is 4. The zero-order valence-electron chi connectivity index (χ0n) is 15.3. The molecule has 0 saturated heterocycles. The fourth-order valence-corrected chi connectivity index (χ4v) is 4.34. The standard InChI is InChI=1S/C20H17ClN4O2S/c1-11-7-14-8-17-18(27-10-26-17)9-16(14)19(13-3-5-15(21)6-4-13)24-25(11)20-23-22-12(2)28-20/h3-6,8-9,11H,7,10H2,1-2H3. The average Bonchev–Trinajstić information content (AvgIpc) is 3.28. The number of hydrogen-bond acceptors (Lipinski definition) is 7. The van der Waals surface area contributed by atoms with Crippen LogP contribution in [0.2, 0.25) is 5.02 Å². The molecule has 1 unspecified atom stereocenters. The third-order valence-electron chi connectivity index (χ3n) is 4.82. The molecule has 2 aliphatic rings. The second-order valence-corrected chi connectivity index (χ2v) is 8.42. The summed E-state index contributed by atoms with van der Waals surface area (Å²) in [7, 11) is 0. The Labute approximate surface area is 171 Å². The van der Waals surface area contributed by atoms with Gasteiger partial charge in [0.2, 0.25) is 11.9 Å². The third kappa shape index (κ3) is 3.00. The van der Waals surface area contributed by atoms with Gasteiger partial charge in [0, 0.05) is 16.1 Å². The monoisotopic (exact) mass is 412 g/mol. The number of hydrazone groups is 1. The second-order valence-electron chi connectivity index (χ2n) is 6.82. The van der Waals surface area contributed by atoms with Gasteiger partial charge in [-0.15, -0.1) is 10.2 Å². The first-order valence-electron chi connectivity index (χ1n) is 8.95. The first-order chi connectivity index (χ1) is 13.6. The molecule has 0 radical (unpaired) electrons. The Morgan fingerprint density at radius 3 is 2.57 bits per heavy atom. The smallest absolute Gasteiger partial charge is 0.231 e. The van der Waals surface area contributed by atoms with Crippen LogP contribution in [0.1, 0.15) is 28.6 Å². The van der Waals surface area contributed by atoms with Gasteiger partial charge in [0.25, 0.3) is 0 Å². The van der Waals surface area contributed by atoms with Gasteiger partial charge in [-0.3, -0.25) is 0 Å². The summed E-state index contributed by atoms with van der Waals surface area (Å²) in [5.41, 5.74) is 4.02. The molecule has 0 amide bonds. The molecule has 1 aromatic heterocycles. The number of anilines is 1. The molecule has 2 aliphatic heterocycles. The number of halogens is 1. The van der Waals surface area contributed by atoms with Gasteiger partial charge in [0.05, 0.1) is 11.8 Å². The van der Waals surface area contributed by atoms with Gasteiger partial charge >= 0.3 is 0 Å². The molecule has 1 atom stereocenters. The number of hydrogen-bond donors (Lipinski definition) is 0. The van der Waals surface area contributed by atoms with E-state index in [1.54, 1.807) is 0 Å². The van der Waals surface area contributed by atoms with Crippen molar-refractivity contribution in [3.8, 4) is 11.5 Å². The Bertz CT molecular complexity index is 1080. The van der Waals surface area contributed by atoms with Crippen LogP contribution in [-0.4, -0.2) is 28.7 Å². The molecule has 2 aromatic carbocycles. The van der Waals surface area contributed by atoms with E-state index in [-0.39, 0.29) is 12.8 Å². The van der Waals surface area contributed by atoms with Crippen molar-refractivity contribution < 1.29 is 9.47 Å². The van der Waals surface area contributed by atoms with Gasteiger partial charge in [-0.2, -0.15) is 5.10 Å². The number of aryl methyl sites for hydroxylation is 1. The van der Waals surface area contributed by atoms with Crippen molar-refractivity contribution in [3.05, 3.63) is 63.1 Å². The minimum atomic E-state index is 0.108. The Morgan fingerprint density at radius 1 is 1.11 bits per heavy atom. The summed E-state index contributed by atoms with van der Waals surface area (Å²) >= 11 is 7.64. The highest BCUT2D eigenvalue weighted by Gasteiger charge is 2.29. The van der Waals surface area contributed by atoms with Crippen LogP contribution in [0, 0.1) is 6.92 Å². The van der Waals surface area contributed by atoms with Crippen LogP contribution in [-0.2, 0) is 6.42 Å². The Kier molecular flexibility index (Phi) is 4.21. The Hall–Kier alpha value is -2.64. The Morgan fingerprint density at radius 2 is 1.86 bits per heavy atom. The lowest BCUT2D eigenvalue weighted by Crippen LogP contribution is -2.29. The van der Waals surface area contributed by atoms with Crippen molar-refractivity contribution in [3.63, 3.8) is 0 Å². The van der Waals surface area contributed by atoms with E-state index in [1.165, 1.54) is 11.3 Å². The van der Waals surface area contributed by atoms with Crippen molar-refractivity contribution >= 4 is 33.8 Å². The van der Waals surface area contributed by atoms with Gasteiger partial charge in [0.15, 0.2) is 11.5 Å². The molecule has 28 heavy (non-hydrogen) atoms. The van der Waals surface area contributed by atoms with E-state index in [2.05, 4.69) is 23.2 Å². The molecule has 8 heteroatoms. The minimum Gasteiger partial charge on any atom is -0.454 e. The summed E-state index contributed by atoms with van der Waals surface area (Å²) in [6.45, 7) is 4.33. The molecule has 142 valence electrons. The summed E-state index contributed by atoms with van der Waals surface area (Å²) < 4.78 is 11.2. The van der Waals surface area contributed by atoms with Crippen molar-refractivity contribution in [2.24, 2.45) is 5.10 Å². The van der Waals surface area contributed by atoms with Crippen LogP contribution in [0.3, 0.4) is 0 Å². The molecule has 3 aromatic rings. The van der Waals surface area contributed by atoms with Crippen LogP contribution >= 0.6 is 22.9 Å². The molecule has 0 saturated carbocycles. The normalized spacial score (nSPS) is 17.9. The van der Waals surface area contributed by atoms with Crippen LogP contribution in [0.25, 0.3) is 0 Å². The summed E-state index contributed by atoms with van der Waals surface area (Å²) in [5.74, 6) is 1.52. The van der Waals surface area contributed by atoms with Crippen LogP contribution < -0.4 is 14.5 Å². The maximum atomic E-state index is 6.11. The average molecular weight is 413 g/mol. The van der Waals surface area contributed by atoms with E-state index in [0.717, 1.165) is 50.5 Å². The van der Waals surface area contributed by atoms with Gasteiger partial charge < -0.3 is 9.47 Å². The second kappa shape index (κ2) is 6.76. The molecule has 0 fully saturated rings. The summed E-state index contributed by atoms with van der Waals surface area (Å²) in [6, 6.07) is 11.9. The molecule has 5 rings (SSSR count). The molecule has 3 heterocycles. The van der Waals surface area contributed by atoms with E-state index < -0.39 is 0 Å². The molecule has 0 spiro atoms. The predicted octanol–water partition coefficient (Wildman–Crippen LogP) is 4.43. The fourth-order valence-electron chi connectivity index (χ4n) is 3.47. The third-order valence-corrected chi connectivity index (χ3v) is 5.90. The highest BCUT2D eigenvalue weighted by molar-refractivity contribution is 7.15. The zero-order valence-corrected chi connectivity index (χ0v) is 16.9. The number of benzene rings is 2. The lowest BCUT2D eigenvalue weighted by atomic mass is 9.94. The molecular weight excluding hydrogens is 396 g/mol. The van der Waals surface area contributed by atoms with Gasteiger partial charge in [-0.1, -0.05) is 35.1 Å². The van der Waals surface area contributed by atoms with Crippen LogP contribution in [0.15, 0.2) is 41.5 Å². The van der Waals surface area contributed by atoms with E-state index in [9.17, 15) is 0 Å². The van der Waals surface area contributed by atoms with Crippen molar-refractivity contribution in [2.75, 3.05) is 11.8 Å². The predicted molar refractivity (Wildman–Crippen MR) is 110 cm³/mol. The summed E-state index contributed by atoms with van der Waals surface area (Å²) in [6.07, 6.45) is 0.797. The van der Waals surface area contributed by atoms with E-state index in [1.807, 2.05) is 42.3 Å². The fraction of sp³-hybridized carbons (Fsp3) is 0.250. The zero-order chi connectivity index (χ0) is 19.3. The topological polar surface area (TPSA) is 59.8 Å². The molecule has 0 bridgehead atoms. The van der Waals surface area contributed by atoms with E-state index in [0.29, 0.717) is 5.02 Å². The first kappa shape index (κ1) is 17.5. The van der Waals surface area contributed by atoms with Gasteiger partial charge in [0.1, 0.15) is 5.01 Å². The van der Waals surface area contributed by atoms with Gasteiger partial charge in [-0.25, -0.2) is 5.01 Å². The van der Waals surface area contributed by atoms with Crippen molar-refractivity contribution in [1.82, 2.24) is 10.2 Å². The maximum Gasteiger partial charge on any atom is 0.231 e. The number of rotatable bonds is 2. The quantitative estimate of drug-likeness (QED) is 0.623. The highest BCUT2D eigenvalue weighted by atomic mass is 35.5. The summed E-state index contributed by atoms with van der Waals surface area (Å²) in [5, 5.41) is 17.8. The lowest BCUT2D eigenvalue weighted by molar-refractivity contribution is 0.174. The maximum absolute atomic E-state index is 6.11. The molecule has 0 N–H and O–H groups in total. The van der Waals surface area contributed by atoms with E-state index in [4.69, 9.17) is 26.2 Å². The van der Waals surface area contributed by atoms with Crippen LogP contribution in [0.4, 0.5) is 5.13 Å². The SMILES string of the molecule is Cc1nnc(N2N=C(c3ccc(Cl)cc3)c3cc4c(cc3CC2C)OCO4)s1.